The SMILES string of the molecule is CCOC(=O)OC1CCN(c2nc(NCc3ccc(F)cc3)c3cc(CC)sc3n2)CC1. The zero-order chi connectivity index (χ0) is 22.5. The van der Waals surface area contributed by atoms with Crippen molar-refractivity contribution in [1.82, 2.24) is 9.97 Å². The van der Waals surface area contributed by atoms with Gasteiger partial charge in [0.25, 0.3) is 0 Å². The highest BCUT2D eigenvalue weighted by Crippen LogP contribution is 2.32. The van der Waals surface area contributed by atoms with Crippen molar-refractivity contribution in [2.24, 2.45) is 0 Å². The average molecular weight is 459 g/mol. The summed E-state index contributed by atoms with van der Waals surface area (Å²) in [5.74, 6) is 1.19. The van der Waals surface area contributed by atoms with Crippen LogP contribution < -0.4 is 10.2 Å². The van der Waals surface area contributed by atoms with Crippen LogP contribution in [-0.4, -0.2) is 41.9 Å². The first-order valence-electron chi connectivity index (χ1n) is 10.9. The lowest BCUT2D eigenvalue weighted by molar-refractivity contribution is 0.0183. The van der Waals surface area contributed by atoms with Gasteiger partial charge < -0.3 is 19.7 Å². The number of fused-ring (bicyclic) bond motifs is 1. The van der Waals surface area contributed by atoms with Crippen molar-refractivity contribution in [3.8, 4) is 0 Å². The lowest BCUT2D eigenvalue weighted by Gasteiger charge is -2.31. The number of aromatic nitrogens is 2. The molecule has 0 aliphatic carbocycles. The first kappa shape index (κ1) is 22.3. The molecule has 0 atom stereocenters. The molecule has 32 heavy (non-hydrogen) atoms. The van der Waals surface area contributed by atoms with Gasteiger partial charge in [-0.15, -0.1) is 11.3 Å². The van der Waals surface area contributed by atoms with Gasteiger partial charge in [0, 0.05) is 37.4 Å². The Labute approximate surface area is 190 Å². The fourth-order valence-electron chi connectivity index (χ4n) is 3.66. The first-order valence-corrected chi connectivity index (χ1v) is 11.7. The molecule has 1 aromatic carbocycles. The largest absolute Gasteiger partial charge is 0.508 e. The molecule has 0 spiro atoms. The van der Waals surface area contributed by atoms with E-state index in [4.69, 9.17) is 19.4 Å². The van der Waals surface area contributed by atoms with Gasteiger partial charge in [-0.25, -0.2) is 14.2 Å². The number of rotatable bonds is 7. The number of halogens is 1. The number of nitrogens with zero attached hydrogens (tertiary/aromatic N) is 3. The summed E-state index contributed by atoms with van der Waals surface area (Å²) in [6.45, 7) is 6.11. The van der Waals surface area contributed by atoms with Gasteiger partial charge in [0.2, 0.25) is 5.95 Å². The number of carbonyl (C=O) groups excluding carboxylic acids is 1. The third kappa shape index (κ3) is 5.27. The van der Waals surface area contributed by atoms with E-state index in [2.05, 4.69) is 23.2 Å². The number of aryl methyl sites for hydroxylation is 1. The first-order chi connectivity index (χ1) is 15.6. The van der Waals surface area contributed by atoms with Crippen LogP contribution in [0.2, 0.25) is 0 Å². The number of ether oxygens (including phenoxy) is 2. The molecule has 3 heterocycles. The van der Waals surface area contributed by atoms with Gasteiger partial charge in [0.1, 0.15) is 22.6 Å². The highest BCUT2D eigenvalue weighted by molar-refractivity contribution is 7.18. The van der Waals surface area contributed by atoms with Crippen LogP contribution >= 0.6 is 11.3 Å². The minimum absolute atomic E-state index is 0.154. The van der Waals surface area contributed by atoms with Crippen molar-refractivity contribution in [1.29, 1.82) is 0 Å². The van der Waals surface area contributed by atoms with E-state index >= 15 is 0 Å². The Bertz CT molecular complexity index is 1070. The normalized spacial score (nSPS) is 14.5. The van der Waals surface area contributed by atoms with Gasteiger partial charge in [-0.3, -0.25) is 0 Å². The Morgan fingerprint density at radius 3 is 2.66 bits per heavy atom. The Kier molecular flexibility index (Phi) is 7.04. The van der Waals surface area contributed by atoms with Crippen LogP contribution in [0.3, 0.4) is 0 Å². The van der Waals surface area contributed by atoms with Gasteiger partial charge in [-0.2, -0.15) is 4.98 Å². The second kappa shape index (κ2) is 10.1. The molecule has 1 N–H and O–H groups in total. The predicted molar refractivity (Wildman–Crippen MR) is 124 cm³/mol. The van der Waals surface area contributed by atoms with Crippen molar-refractivity contribution in [2.75, 3.05) is 29.9 Å². The topological polar surface area (TPSA) is 76.6 Å². The number of piperidine rings is 1. The van der Waals surface area contributed by atoms with Crippen molar-refractivity contribution in [3.05, 3.63) is 46.6 Å². The Morgan fingerprint density at radius 1 is 1.22 bits per heavy atom. The highest BCUT2D eigenvalue weighted by atomic mass is 32.1. The molecule has 1 aliphatic rings. The summed E-state index contributed by atoms with van der Waals surface area (Å²) < 4.78 is 23.4. The molecule has 2 aromatic heterocycles. The molecule has 170 valence electrons. The minimum Gasteiger partial charge on any atom is -0.435 e. The molecule has 0 saturated carbocycles. The summed E-state index contributed by atoms with van der Waals surface area (Å²) in [7, 11) is 0. The van der Waals surface area contributed by atoms with Gasteiger partial charge in [-0.05, 0) is 37.1 Å². The molecule has 0 unspecified atom stereocenters. The van der Waals surface area contributed by atoms with Crippen LogP contribution in [-0.2, 0) is 22.4 Å². The molecular weight excluding hydrogens is 431 g/mol. The standard InChI is InChI=1S/C23H27FN4O3S/c1-3-18-13-19-20(25-14-15-5-7-16(24)8-6-15)26-22(27-21(19)32-18)28-11-9-17(10-12-28)31-23(29)30-4-2/h5-8,13,17H,3-4,9-12,14H2,1-2H3,(H,25,26,27). The van der Waals surface area contributed by atoms with Crippen molar-refractivity contribution >= 4 is 39.5 Å². The lowest BCUT2D eigenvalue weighted by Crippen LogP contribution is -2.39. The maximum atomic E-state index is 13.2. The quantitative estimate of drug-likeness (QED) is 0.491. The zero-order valence-electron chi connectivity index (χ0n) is 18.3. The monoisotopic (exact) mass is 458 g/mol. The summed E-state index contributed by atoms with van der Waals surface area (Å²) in [6.07, 6.45) is 1.57. The van der Waals surface area contributed by atoms with E-state index in [1.807, 2.05) is 0 Å². The number of hydrogen-bond donors (Lipinski definition) is 1. The van der Waals surface area contributed by atoms with Gasteiger partial charge >= 0.3 is 6.16 Å². The summed E-state index contributed by atoms with van der Waals surface area (Å²) in [5, 5.41) is 4.41. The van der Waals surface area contributed by atoms with Crippen LogP contribution in [0.5, 0.6) is 0 Å². The molecule has 7 nitrogen and oxygen atoms in total. The molecular formula is C23H27FN4O3S. The molecule has 4 rings (SSSR count). The Hall–Kier alpha value is -2.94. The van der Waals surface area contributed by atoms with E-state index in [1.54, 1.807) is 30.4 Å². The van der Waals surface area contributed by atoms with Gasteiger partial charge in [-0.1, -0.05) is 19.1 Å². The molecule has 0 amide bonds. The van der Waals surface area contributed by atoms with E-state index < -0.39 is 6.16 Å². The van der Waals surface area contributed by atoms with Crippen molar-refractivity contribution in [3.63, 3.8) is 0 Å². The molecule has 1 aliphatic heterocycles. The number of carbonyl (C=O) groups is 1. The summed E-state index contributed by atoms with van der Waals surface area (Å²) in [4.78, 5) is 25.5. The zero-order valence-corrected chi connectivity index (χ0v) is 19.1. The van der Waals surface area contributed by atoms with Gasteiger partial charge in [0.15, 0.2) is 0 Å². The predicted octanol–water partition coefficient (Wildman–Crippen LogP) is 5.15. The van der Waals surface area contributed by atoms with E-state index in [0.29, 0.717) is 45.0 Å². The fourth-order valence-corrected chi connectivity index (χ4v) is 4.62. The van der Waals surface area contributed by atoms with Crippen LogP contribution in [0.4, 0.5) is 21.0 Å². The summed E-state index contributed by atoms with van der Waals surface area (Å²) in [6, 6.07) is 8.58. The number of thiophene rings is 1. The fraction of sp³-hybridized carbons (Fsp3) is 0.435. The molecule has 0 bridgehead atoms. The van der Waals surface area contributed by atoms with E-state index in [0.717, 1.165) is 28.0 Å². The van der Waals surface area contributed by atoms with E-state index in [9.17, 15) is 9.18 Å². The summed E-state index contributed by atoms with van der Waals surface area (Å²) in [5.41, 5.74) is 0.975. The number of hydrogen-bond acceptors (Lipinski definition) is 8. The van der Waals surface area contributed by atoms with Crippen molar-refractivity contribution in [2.45, 2.75) is 45.8 Å². The maximum Gasteiger partial charge on any atom is 0.508 e. The second-order valence-corrected chi connectivity index (χ2v) is 8.74. The molecule has 0 radical (unpaired) electrons. The van der Waals surface area contributed by atoms with Crippen LogP contribution in [0.25, 0.3) is 10.2 Å². The smallest absolute Gasteiger partial charge is 0.435 e. The van der Waals surface area contributed by atoms with E-state index in [1.165, 1.54) is 17.0 Å². The number of benzene rings is 1. The third-order valence-electron chi connectivity index (χ3n) is 5.40. The third-order valence-corrected chi connectivity index (χ3v) is 6.58. The number of anilines is 2. The second-order valence-electron chi connectivity index (χ2n) is 7.62. The van der Waals surface area contributed by atoms with E-state index in [-0.39, 0.29) is 11.9 Å². The lowest BCUT2D eigenvalue weighted by atomic mass is 10.1. The molecule has 9 heteroatoms. The average Bonchev–Trinajstić information content (AvgIpc) is 3.23. The Morgan fingerprint density at radius 2 is 1.97 bits per heavy atom. The minimum atomic E-state index is -0.610. The molecule has 1 fully saturated rings. The Balaban J connectivity index is 1.50. The maximum absolute atomic E-state index is 13.2. The molecule has 3 aromatic rings. The van der Waals surface area contributed by atoms with Crippen LogP contribution in [0, 0.1) is 5.82 Å². The highest BCUT2D eigenvalue weighted by Gasteiger charge is 2.25. The van der Waals surface area contributed by atoms with Gasteiger partial charge in [0.05, 0.1) is 12.0 Å². The van der Waals surface area contributed by atoms with Crippen LogP contribution in [0.15, 0.2) is 30.3 Å². The van der Waals surface area contributed by atoms with Crippen LogP contribution in [0.1, 0.15) is 37.1 Å². The molecule has 1 saturated heterocycles. The summed E-state index contributed by atoms with van der Waals surface area (Å²) >= 11 is 1.67. The van der Waals surface area contributed by atoms with Crippen molar-refractivity contribution < 1.29 is 18.7 Å². The number of nitrogens with one attached hydrogen (secondary N) is 1.